The van der Waals surface area contributed by atoms with E-state index in [9.17, 15) is 0 Å². The van der Waals surface area contributed by atoms with Gasteiger partial charge in [0.15, 0.2) is 0 Å². The summed E-state index contributed by atoms with van der Waals surface area (Å²) in [6.45, 7) is 3.83. The van der Waals surface area contributed by atoms with Crippen LogP contribution in [0, 0.1) is 12.3 Å². The first kappa shape index (κ1) is 9.86. The van der Waals surface area contributed by atoms with E-state index in [2.05, 4.69) is 10.2 Å². The second-order valence-electron chi connectivity index (χ2n) is 1.81. The quantitative estimate of drug-likeness (QED) is 0.374. The molecule has 0 aliphatic rings. The van der Waals surface area contributed by atoms with Crippen molar-refractivity contribution in [1.29, 1.82) is 0 Å². The second kappa shape index (κ2) is 5.63. The molecule has 0 saturated heterocycles. The molecular formula is C8H8ClRu. The first-order valence-corrected chi connectivity index (χ1v) is 5.78. The molecule has 55 valence electrons. The van der Waals surface area contributed by atoms with Crippen molar-refractivity contribution in [2.24, 2.45) is 0 Å². The number of allylic oxidation sites excluding steroid dienone is 3. The van der Waals surface area contributed by atoms with E-state index in [0.29, 0.717) is 0 Å². The number of hydrogen-bond donors (Lipinski definition) is 0. The number of hydrogen-bond acceptors (Lipinski definition) is 0. The minimum atomic E-state index is -0.250. The first-order valence-electron chi connectivity index (χ1n) is 2.68. The van der Waals surface area contributed by atoms with Gasteiger partial charge >= 0.3 is 73.1 Å². The van der Waals surface area contributed by atoms with Gasteiger partial charge in [0.1, 0.15) is 0 Å². The average molecular weight is 241 g/mol. The molecule has 0 aromatic carbocycles. The summed E-state index contributed by atoms with van der Waals surface area (Å²) < 4.78 is 3.01. The maximum atomic E-state index is 5.50. The molecule has 0 saturated carbocycles. The van der Waals surface area contributed by atoms with Gasteiger partial charge in [-0.2, -0.15) is 0 Å². The Labute approximate surface area is 73.1 Å². The molecule has 0 unspecified atom stereocenters. The molecule has 0 amide bonds. The molecule has 0 aromatic rings. The molecular weight excluding hydrogens is 233 g/mol. The molecule has 0 aromatic heterocycles. The van der Waals surface area contributed by atoms with E-state index >= 15 is 0 Å². The predicted octanol–water partition coefficient (Wildman–Crippen LogP) is 2.15. The van der Waals surface area contributed by atoms with E-state index < -0.39 is 0 Å². The molecule has 0 fully saturated rings. The summed E-state index contributed by atoms with van der Waals surface area (Å²) in [7, 11) is 5.50. The van der Waals surface area contributed by atoms with Crippen molar-refractivity contribution < 1.29 is 15.7 Å². The SMILES string of the molecule is C#C/C(C)=C/C(C)=[C]=[Ru][Cl]. The summed E-state index contributed by atoms with van der Waals surface area (Å²) >= 11 is -0.250. The molecule has 0 bridgehead atoms. The van der Waals surface area contributed by atoms with Crippen LogP contribution in [0.1, 0.15) is 13.8 Å². The molecule has 0 heterocycles. The van der Waals surface area contributed by atoms with Crippen LogP contribution in [0.3, 0.4) is 0 Å². The Morgan fingerprint density at radius 2 is 2.20 bits per heavy atom. The van der Waals surface area contributed by atoms with Crippen molar-refractivity contribution in [3.8, 4) is 12.3 Å². The van der Waals surface area contributed by atoms with Crippen LogP contribution in [0.25, 0.3) is 0 Å². The third-order valence-corrected chi connectivity index (χ3v) is 2.08. The molecule has 0 spiro atoms. The molecule has 0 N–H and O–H groups in total. The zero-order valence-corrected chi connectivity index (χ0v) is 8.38. The Morgan fingerprint density at radius 3 is 2.60 bits per heavy atom. The van der Waals surface area contributed by atoms with Crippen LogP contribution in [0.15, 0.2) is 17.2 Å². The number of halogens is 1. The van der Waals surface area contributed by atoms with Crippen molar-refractivity contribution >= 4 is 14.0 Å². The molecule has 2 heteroatoms. The fourth-order valence-electron chi connectivity index (χ4n) is 0.445. The van der Waals surface area contributed by atoms with Crippen molar-refractivity contribution in [2.45, 2.75) is 13.8 Å². The predicted molar refractivity (Wildman–Crippen MR) is 42.6 cm³/mol. The van der Waals surface area contributed by atoms with Crippen LogP contribution in [-0.2, 0) is 15.7 Å². The third kappa shape index (κ3) is 4.72. The van der Waals surface area contributed by atoms with E-state index in [4.69, 9.17) is 16.1 Å². The minimum absolute atomic E-state index is 0.250. The average Bonchev–Trinajstić information content (AvgIpc) is 1.88. The van der Waals surface area contributed by atoms with E-state index in [1.54, 1.807) is 0 Å². The van der Waals surface area contributed by atoms with E-state index in [0.717, 1.165) is 11.1 Å². The van der Waals surface area contributed by atoms with E-state index in [1.165, 1.54) is 0 Å². The van der Waals surface area contributed by atoms with E-state index in [-0.39, 0.29) is 15.7 Å². The maximum absolute atomic E-state index is 5.50. The molecule has 0 aliphatic heterocycles. The van der Waals surface area contributed by atoms with Gasteiger partial charge in [0.2, 0.25) is 0 Å². The molecule has 0 rings (SSSR count). The molecule has 0 aliphatic carbocycles. The Balaban J connectivity index is 4.46. The van der Waals surface area contributed by atoms with Crippen LogP contribution >= 0.6 is 9.69 Å². The molecule has 0 radical (unpaired) electrons. The van der Waals surface area contributed by atoms with Crippen molar-refractivity contribution in [2.75, 3.05) is 0 Å². The van der Waals surface area contributed by atoms with Crippen molar-refractivity contribution in [3.05, 3.63) is 17.2 Å². The van der Waals surface area contributed by atoms with Gasteiger partial charge in [0.25, 0.3) is 0 Å². The summed E-state index contributed by atoms with van der Waals surface area (Å²) in [6, 6.07) is 0. The van der Waals surface area contributed by atoms with Crippen LogP contribution in [0.4, 0.5) is 0 Å². The summed E-state index contributed by atoms with van der Waals surface area (Å²) in [5, 5.41) is 0. The normalized spacial score (nSPS) is 10.0. The van der Waals surface area contributed by atoms with E-state index in [1.807, 2.05) is 19.9 Å². The summed E-state index contributed by atoms with van der Waals surface area (Å²) in [6.07, 6.45) is 7.03. The second-order valence-corrected chi connectivity index (χ2v) is 3.36. The van der Waals surface area contributed by atoms with Gasteiger partial charge in [-0.15, -0.1) is 0 Å². The van der Waals surface area contributed by atoms with Gasteiger partial charge in [-0.3, -0.25) is 0 Å². The van der Waals surface area contributed by atoms with Gasteiger partial charge in [-0.05, 0) is 0 Å². The van der Waals surface area contributed by atoms with Gasteiger partial charge < -0.3 is 0 Å². The zero-order valence-electron chi connectivity index (χ0n) is 5.89. The Kier molecular flexibility index (Phi) is 5.56. The summed E-state index contributed by atoms with van der Waals surface area (Å²) in [5.74, 6) is 2.52. The summed E-state index contributed by atoms with van der Waals surface area (Å²) in [5.41, 5.74) is 1.94. The Bertz CT molecular complexity index is 236. The monoisotopic (exact) mass is 241 g/mol. The van der Waals surface area contributed by atoms with Crippen LogP contribution < -0.4 is 0 Å². The first-order chi connectivity index (χ1) is 4.70. The van der Waals surface area contributed by atoms with Crippen LogP contribution in [-0.4, -0.2) is 4.26 Å². The summed E-state index contributed by atoms with van der Waals surface area (Å²) in [4.78, 5) is 0. The van der Waals surface area contributed by atoms with Gasteiger partial charge in [0, 0.05) is 0 Å². The van der Waals surface area contributed by atoms with Gasteiger partial charge in [0.05, 0.1) is 0 Å². The van der Waals surface area contributed by atoms with Gasteiger partial charge in [-0.1, -0.05) is 0 Å². The Morgan fingerprint density at radius 1 is 1.60 bits per heavy atom. The third-order valence-electron chi connectivity index (χ3n) is 0.834. The standard InChI is InChI=1S/C8H8.ClH.Ru/c1-5-8(4)6-7(2)3;;/h1,6H,2,4H3;1H;/q;;+1/p-1/b8-6+;;. The van der Waals surface area contributed by atoms with Crippen LogP contribution in [0.5, 0.6) is 0 Å². The molecule has 0 atom stereocenters. The number of rotatable bonds is 1. The van der Waals surface area contributed by atoms with Crippen molar-refractivity contribution in [1.82, 2.24) is 0 Å². The molecule has 10 heavy (non-hydrogen) atoms. The Hall–Kier alpha value is -0.137. The fraction of sp³-hybridized carbons (Fsp3) is 0.250. The number of terminal acetylenes is 1. The van der Waals surface area contributed by atoms with Crippen molar-refractivity contribution in [3.63, 3.8) is 0 Å². The molecule has 0 nitrogen and oxygen atoms in total. The zero-order chi connectivity index (χ0) is 7.98. The van der Waals surface area contributed by atoms with Gasteiger partial charge in [-0.25, -0.2) is 0 Å². The van der Waals surface area contributed by atoms with Crippen LogP contribution in [0.2, 0.25) is 0 Å². The fourth-order valence-corrected chi connectivity index (χ4v) is 1.45. The topological polar surface area (TPSA) is 0 Å².